The fourth-order valence-electron chi connectivity index (χ4n) is 2.19. The molecule has 0 saturated carbocycles. The maximum Gasteiger partial charge on any atom is 0.134 e. The molecule has 1 rings (SSSR count). The third-order valence-corrected chi connectivity index (χ3v) is 3.63. The minimum Gasteiger partial charge on any atom is -0.506 e. The number of hydrogen-bond acceptors (Lipinski definition) is 3. The number of halogens is 1. The van der Waals surface area contributed by atoms with Crippen LogP contribution in [0.4, 0.5) is 0 Å². The highest BCUT2D eigenvalue weighted by atomic mass is 79.9. The highest BCUT2D eigenvalue weighted by Gasteiger charge is 2.13. The first-order valence-corrected chi connectivity index (χ1v) is 7.54. The van der Waals surface area contributed by atoms with Crippen molar-refractivity contribution in [3.8, 4) is 5.75 Å². The number of likely N-dealkylation sites (N-methyl/N-ethyl adjacent to an activating group) is 1. The van der Waals surface area contributed by atoms with E-state index in [-0.39, 0.29) is 0 Å². The van der Waals surface area contributed by atoms with E-state index in [0.29, 0.717) is 24.3 Å². The van der Waals surface area contributed by atoms with Crippen molar-refractivity contribution in [1.82, 2.24) is 10.2 Å². The Labute approximate surface area is 125 Å². The molecule has 0 heterocycles. The van der Waals surface area contributed by atoms with E-state index in [9.17, 15) is 5.11 Å². The Kier molecular flexibility index (Phi) is 6.83. The molecule has 3 nitrogen and oxygen atoms in total. The number of nitrogens with zero attached hydrogens (tertiary/aromatic N) is 1. The van der Waals surface area contributed by atoms with Crippen LogP contribution in [-0.2, 0) is 6.54 Å². The van der Waals surface area contributed by atoms with Gasteiger partial charge in [-0.05, 0) is 48.4 Å². The van der Waals surface area contributed by atoms with Gasteiger partial charge in [-0.2, -0.15) is 0 Å². The van der Waals surface area contributed by atoms with E-state index >= 15 is 0 Å². The van der Waals surface area contributed by atoms with E-state index in [1.165, 1.54) is 0 Å². The fourth-order valence-corrected chi connectivity index (χ4v) is 2.60. The van der Waals surface area contributed by atoms with Crippen molar-refractivity contribution in [3.63, 3.8) is 0 Å². The second-order valence-electron chi connectivity index (χ2n) is 5.72. The normalized spacial score (nSPS) is 13.2. The lowest BCUT2D eigenvalue weighted by atomic mass is 10.0. The van der Waals surface area contributed by atoms with Gasteiger partial charge >= 0.3 is 0 Å². The van der Waals surface area contributed by atoms with Crippen LogP contribution in [0.25, 0.3) is 0 Å². The van der Waals surface area contributed by atoms with Crippen LogP contribution in [-0.4, -0.2) is 36.7 Å². The van der Waals surface area contributed by atoms with E-state index in [2.05, 4.69) is 54.1 Å². The summed E-state index contributed by atoms with van der Waals surface area (Å²) in [5, 5.41) is 13.5. The summed E-state index contributed by atoms with van der Waals surface area (Å²) in [7, 11) is 4.18. The molecule has 0 amide bonds. The second kappa shape index (κ2) is 7.88. The molecule has 1 atom stereocenters. The molecular formula is C15H25BrN2O. The second-order valence-corrected chi connectivity index (χ2v) is 6.57. The van der Waals surface area contributed by atoms with Crippen molar-refractivity contribution in [2.45, 2.75) is 32.9 Å². The minimum absolute atomic E-state index is 0.336. The Morgan fingerprint density at radius 3 is 2.58 bits per heavy atom. The van der Waals surface area contributed by atoms with E-state index in [0.717, 1.165) is 23.0 Å². The van der Waals surface area contributed by atoms with Gasteiger partial charge in [0.2, 0.25) is 0 Å². The smallest absolute Gasteiger partial charge is 0.134 e. The fraction of sp³-hybridized carbons (Fsp3) is 0.600. The Morgan fingerprint density at radius 1 is 1.32 bits per heavy atom. The van der Waals surface area contributed by atoms with Gasteiger partial charge in [0.05, 0.1) is 4.47 Å². The molecule has 4 heteroatoms. The Hall–Kier alpha value is -0.580. The quantitative estimate of drug-likeness (QED) is 0.806. The van der Waals surface area contributed by atoms with Gasteiger partial charge < -0.3 is 15.3 Å². The Bertz CT molecular complexity index is 384. The molecule has 0 saturated heterocycles. The molecule has 0 bridgehead atoms. The first kappa shape index (κ1) is 16.5. The first-order valence-electron chi connectivity index (χ1n) is 6.74. The molecule has 0 aliphatic heterocycles. The van der Waals surface area contributed by atoms with Crippen molar-refractivity contribution < 1.29 is 5.11 Å². The van der Waals surface area contributed by atoms with E-state index in [1.807, 2.05) is 18.2 Å². The van der Waals surface area contributed by atoms with Crippen LogP contribution in [0.3, 0.4) is 0 Å². The molecule has 1 unspecified atom stereocenters. The van der Waals surface area contributed by atoms with Crippen molar-refractivity contribution in [1.29, 1.82) is 0 Å². The number of para-hydroxylation sites is 1. The van der Waals surface area contributed by atoms with Crippen molar-refractivity contribution in [3.05, 3.63) is 28.2 Å². The maximum absolute atomic E-state index is 9.98. The highest BCUT2D eigenvalue weighted by molar-refractivity contribution is 9.10. The number of phenolic OH excluding ortho intramolecular Hbond substituents is 1. The van der Waals surface area contributed by atoms with Crippen LogP contribution in [0.5, 0.6) is 5.75 Å². The molecule has 0 radical (unpaired) electrons. The van der Waals surface area contributed by atoms with Crippen LogP contribution in [0.15, 0.2) is 22.7 Å². The van der Waals surface area contributed by atoms with Gasteiger partial charge in [-0.25, -0.2) is 0 Å². The lowest BCUT2D eigenvalue weighted by molar-refractivity contribution is 0.304. The summed E-state index contributed by atoms with van der Waals surface area (Å²) in [6.45, 7) is 6.17. The van der Waals surface area contributed by atoms with Crippen molar-refractivity contribution in [2.75, 3.05) is 20.6 Å². The average molecular weight is 329 g/mol. The van der Waals surface area contributed by atoms with E-state index in [1.54, 1.807) is 0 Å². The summed E-state index contributed by atoms with van der Waals surface area (Å²) < 4.78 is 0.750. The molecule has 0 aliphatic carbocycles. The third-order valence-electron chi connectivity index (χ3n) is 2.99. The summed E-state index contributed by atoms with van der Waals surface area (Å²) in [4.78, 5) is 2.20. The monoisotopic (exact) mass is 328 g/mol. The van der Waals surface area contributed by atoms with E-state index in [4.69, 9.17) is 0 Å². The Morgan fingerprint density at radius 2 is 2.00 bits per heavy atom. The van der Waals surface area contributed by atoms with Crippen molar-refractivity contribution in [2.24, 2.45) is 5.92 Å². The molecule has 108 valence electrons. The lowest BCUT2D eigenvalue weighted by Crippen LogP contribution is -2.38. The predicted molar refractivity (Wildman–Crippen MR) is 84.4 cm³/mol. The largest absolute Gasteiger partial charge is 0.506 e. The van der Waals surface area contributed by atoms with Gasteiger partial charge in [0.25, 0.3) is 0 Å². The number of hydrogen-bond donors (Lipinski definition) is 2. The van der Waals surface area contributed by atoms with Gasteiger partial charge in [0.15, 0.2) is 0 Å². The molecule has 19 heavy (non-hydrogen) atoms. The molecule has 0 spiro atoms. The summed E-state index contributed by atoms with van der Waals surface area (Å²) in [5.74, 6) is 0.997. The molecule has 1 aromatic carbocycles. The lowest BCUT2D eigenvalue weighted by Gasteiger charge is -2.24. The molecule has 2 N–H and O–H groups in total. The summed E-state index contributed by atoms with van der Waals surface area (Å²) in [5.41, 5.74) is 0.932. The number of phenols is 1. The molecule has 0 aliphatic rings. The van der Waals surface area contributed by atoms with Gasteiger partial charge in [0.1, 0.15) is 5.75 Å². The number of benzene rings is 1. The molecule has 0 fully saturated rings. The van der Waals surface area contributed by atoms with Gasteiger partial charge in [0, 0.05) is 24.7 Å². The van der Waals surface area contributed by atoms with E-state index < -0.39 is 0 Å². The van der Waals surface area contributed by atoms with Crippen LogP contribution >= 0.6 is 15.9 Å². The first-order chi connectivity index (χ1) is 8.90. The predicted octanol–water partition coefficient (Wildman–Crippen LogP) is 3.22. The average Bonchev–Trinajstić information content (AvgIpc) is 2.29. The summed E-state index contributed by atoms with van der Waals surface area (Å²) in [6, 6.07) is 6.19. The standard InChI is InChI=1S/C15H25BrN2O/c1-11(2)8-13(10-18(3)4)17-9-12-6-5-7-14(16)15(12)19/h5-7,11,13,17,19H,8-10H2,1-4H3. The van der Waals surface area contributed by atoms with Crippen molar-refractivity contribution >= 4 is 15.9 Å². The zero-order valence-electron chi connectivity index (χ0n) is 12.3. The minimum atomic E-state index is 0.336. The topological polar surface area (TPSA) is 35.5 Å². The zero-order valence-corrected chi connectivity index (χ0v) is 13.9. The van der Waals surface area contributed by atoms with Gasteiger partial charge in [-0.15, -0.1) is 0 Å². The van der Waals surface area contributed by atoms with Crippen LogP contribution in [0.1, 0.15) is 25.8 Å². The maximum atomic E-state index is 9.98. The van der Waals surface area contributed by atoms with Crippen LogP contribution in [0.2, 0.25) is 0 Å². The van der Waals surface area contributed by atoms with Gasteiger partial charge in [-0.3, -0.25) is 0 Å². The number of aromatic hydroxyl groups is 1. The SMILES string of the molecule is CC(C)CC(CN(C)C)NCc1cccc(Br)c1O. The summed E-state index contributed by atoms with van der Waals surface area (Å²) >= 11 is 3.35. The molecule has 1 aromatic rings. The third kappa shape index (κ3) is 5.93. The summed E-state index contributed by atoms with van der Waals surface area (Å²) in [6.07, 6.45) is 1.13. The van der Waals surface area contributed by atoms with Crippen LogP contribution < -0.4 is 5.32 Å². The molecular weight excluding hydrogens is 304 g/mol. The zero-order chi connectivity index (χ0) is 14.4. The van der Waals surface area contributed by atoms with Crippen LogP contribution in [0, 0.1) is 5.92 Å². The number of nitrogens with one attached hydrogen (secondary N) is 1. The molecule has 0 aromatic heterocycles. The number of rotatable bonds is 7. The van der Waals surface area contributed by atoms with Gasteiger partial charge in [-0.1, -0.05) is 26.0 Å². The highest BCUT2D eigenvalue weighted by Crippen LogP contribution is 2.27. The Balaban J connectivity index is 2.62.